The molecule has 4 rings (SSSR count). The lowest BCUT2D eigenvalue weighted by Gasteiger charge is -2.33. The van der Waals surface area contributed by atoms with Crippen molar-refractivity contribution in [3.05, 3.63) is 47.8 Å². The molecule has 0 aliphatic carbocycles. The van der Waals surface area contributed by atoms with E-state index in [2.05, 4.69) is 29.4 Å². The van der Waals surface area contributed by atoms with Crippen LogP contribution in [0.15, 0.2) is 36.5 Å². The van der Waals surface area contributed by atoms with E-state index in [0.717, 1.165) is 43.6 Å². The Labute approximate surface area is 160 Å². The molecule has 0 radical (unpaired) electrons. The summed E-state index contributed by atoms with van der Waals surface area (Å²) in [5.74, 6) is 0.980. The van der Waals surface area contributed by atoms with E-state index in [4.69, 9.17) is 9.72 Å². The van der Waals surface area contributed by atoms with Gasteiger partial charge in [0.25, 0.3) is 5.91 Å². The maximum atomic E-state index is 12.7. The number of hydrogen-bond donors (Lipinski definition) is 1. The predicted molar refractivity (Wildman–Crippen MR) is 104 cm³/mol. The number of rotatable bonds is 4. The highest BCUT2D eigenvalue weighted by atomic mass is 16.5. The Kier molecular flexibility index (Phi) is 5.34. The van der Waals surface area contributed by atoms with Crippen molar-refractivity contribution in [3.8, 4) is 0 Å². The summed E-state index contributed by atoms with van der Waals surface area (Å²) >= 11 is 0. The maximum Gasteiger partial charge on any atom is 0.251 e. The lowest BCUT2D eigenvalue weighted by Crippen LogP contribution is -2.44. The summed E-state index contributed by atoms with van der Waals surface area (Å²) in [5, 5.41) is 3.27. The molecule has 0 spiro atoms. The lowest BCUT2D eigenvalue weighted by molar-refractivity contribution is -0.142. The zero-order valence-electron chi connectivity index (χ0n) is 15.7. The quantitative estimate of drug-likeness (QED) is 0.898. The molecule has 6 nitrogen and oxygen atoms in total. The molecule has 2 aliphatic heterocycles. The van der Waals surface area contributed by atoms with Gasteiger partial charge in [-0.05, 0) is 50.8 Å². The first-order valence-corrected chi connectivity index (χ1v) is 9.76. The summed E-state index contributed by atoms with van der Waals surface area (Å²) in [6.45, 7) is 4.29. The average molecular weight is 366 g/mol. The van der Waals surface area contributed by atoms with Gasteiger partial charge in [-0.15, -0.1) is 0 Å². The third-order valence-corrected chi connectivity index (χ3v) is 5.34. The molecular formula is C21H26N4O2. The Morgan fingerprint density at radius 2 is 2.04 bits per heavy atom. The van der Waals surface area contributed by atoms with Gasteiger partial charge < -0.3 is 15.0 Å². The molecule has 2 saturated heterocycles. The summed E-state index contributed by atoms with van der Waals surface area (Å²) in [7, 11) is 0. The van der Waals surface area contributed by atoms with E-state index in [1.165, 1.54) is 5.56 Å². The third kappa shape index (κ3) is 4.27. The van der Waals surface area contributed by atoms with Gasteiger partial charge in [-0.25, -0.2) is 9.97 Å². The zero-order valence-corrected chi connectivity index (χ0v) is 15.7. The van der Waals surface area contributed by atoms with Crippen LogP contribution in [0.4, 0.5) is 11.6 Å². The van der Waals surface area contributed by atoms with Crippen LogP contribution >= 0.6 is 0 Å². The molecule has 3 heterocycles. The van der Waals surface area contributed by atoms with Crippen molar-refractivity contribution in [2.24, 2.45) is 0 Å². The van der Waals surface area contributed by atoms with E-state index >= 15 is 0 Å². The predicted octanol–water partition coefficient (Wildman–Crippen LogP) is 3.41. The molecule has 2 atom stereocenters. The standard InChI is InChI=1S/C21H26N4O2/c1-15-6-8-17(9-7-15)23-21-22-11-10-18(24-21)16-4-2-12-25(14-16)20(26)19-5-3-13-27-19/h6-11,16,19H,2-5,12-14H2,1H3,(H,22,23,24). The van der Waals surface area contributed by atoms with Gasteiger partial charge >= 0.3 is 0 Å². The Hall–Kier alpha value is -2.47. The summed E-state index contributed by atoms with van der Waals surface area (Å²) < 4.78 is 5.58. The van der Waals surface area contributed by atoms with Crippen molar-refractivity contribution in [3.63, 3.8) is 0 Å². The molecule has 27 heavy (non-hydrogen) atoms. The highest BCUT2D eigenvalue weighted by Crippen LogP contribution is 2.28. The minimum absolute atomic E-state index is 0.143. The molecule has 2 fully saturated rings. The average Bonchev–Trinajstić information content (AvgIpc) is 3.24. The van der Waals surface area contributed by atoms with Gasteiger partial charge in [0.15, 0.2) is 0 Å². The van der Waals surface area contributed by atoms with Gasteiger partial charge in [0, 0.05) is 37.5 Å². The second-order valence-corrected chi connectivity index (χ2v) is 7.42. The van der Waals surface area contributed by atoms with E-state index in [0.29, 0.717) is 19.1 Å². The molecule has 2 unspecified atom stereocenters. The smallest absolute Gasteiger partial charge is 0.251 e. The topological polar surface area (TPSA) is 67.4 Å². The fourth-order valence-corrected chi connectivity index (χ4v) is 3.82. The fourth-order valence-electron chi connectivity index (χ4n) is 3.82. The largest absolute Gasteiger partial charge is 0.368 e. The number of nitrogens with zero attached hydrogens (tertiary/aromatic N) is 3. The van der Waals surface area contributed by atoms with Crippen molar-refractivity contribution in [1.29, 1.82) is 0 Å². The first-order valence-electron chi connectivity index (χ1n) is 9.76. The number of ether oxygens (including phenoxy) is 1. The van der Waals surface area contributed by atoms with Crippen LogP contribution in [-0.4, -0.2) is 46.6 Å². The van der Waals surface area contributed by atoms with Gasteiger partial charge in [-0.2, -0.15) is 0 Å². The second kappa shape index (κ2) is 8.05. The van der Waals surface area contributed by atoms with E-state index in [9.17, 15) is 4.79 Å². The zero-order chi connectivity index (χ0) is 18.6. The number of nitrogens with one attached hydrogen (secondary N) is 1. The minimum Gasteiger partial charge on any atom is -0.368 e. The van der Waals surface area contributed by atoms with Gasteiger partial charge in [0.1, 0.15) is 6.10 Å². The Morgan fingerprint density at radius 1 is 1.19 bits per heavy atom. The van der Waals surface area contributed by atoms with E-state index < -0.39 is 0 Å². The summed E-state index contributed by atoms with van der Waals surface area (Å²) in [4.78, 5) is 23.7. The Morgan fingerprint density at radius 3 is 2.81 bits per heavy atom. The number of benzene rings is 1. The Balaban J connectivity index is 1.44. The molecule has 0 saturated carbocycles. The number of aryl methyl sites for hydroxylation is 1. The van der Waals surface area contributed by atoms with Crippen LogP contribution in [0.5, 0.6) is 0 Å². The molecular weight excluding hydrogens is 340 g/mol. The summed E-state index contributed by atoms with van der Waals surface area (Å²) in [6, 6.07) is 10.1. The third-order valence-electron chi connectivity index (χ3n) is 5.34. The first-order chi connectivity index (χ1) is 13.2. The van der Waals surface area contributed by atoms with Crippen LogP contribution < -0.4 is 5.32 Å². The van der Waals surface area contributed by atoms with E-state index in [-0.39, 0.29) is 17.9 Å². The summed E-state index contributed by atoms with van der Waals surface area (Å²) in [6.07, 6.45) is 5.41. The van der Waals surface area contributed by atoms with Gasteiger partial charge in [-0.1, -0.05) is 17.7 Å². The molecule has 2 aliphatic rings. The van der Waals surface area contributed by atoms with Crippen molar-refractivity contribution in [1.82, 2.24) is 14.9 Å². The van der Waals surface area contributed by atoms with Crippen LogP contribution in [-0.2, 0) is 9.53 Å². The van der Waals surface area contributed by atoms with Crippen LogP contribution in [0.25, 0.3) is 0 Å². The molecule has 1 N–H and O–H groups in total. The van der Waals surface area contributed by atoms with Gasteiger partial charge in [-0.3, -0.25) is 4.79 Å². The van der Waals surface area contributed by atoms with Crippen molar-refractivity contribution < 1.29 is 9.53 Å². The molecule has 0 bridgehead atoms. The Bertz CT molecular complexity index is 787. The van der Waals surface area contributed by atoms with Gasteiger partial charge in [0.05, 0.1) is 5.69 Å². The van der Waals surface area contributed by atoms with Crippen LogP contribution in [0.2, 0.25) is 0 Å². The number of piperidine rings is 1. The maximum absolute atomic E-state index is 12.7. The monoisotopic (exact) mass is 366 g/mol. The number of amides is 1. The van der Waals surface area contributed by atoms with Crippen LogP contribution in [0, 0.1) is 6.92 Å². The molecule has 1 aromatic carbocycles. The minimum atomic E-state index is -0.243. The molecule has 6 heteroatoms. The van der Waals surface area contributed by atoms with Crippen molar-refractivity contribution in [2.45, 2.75) is 44.6 Å². The fraction of sp³-hybridized carbons (Fsp3) is 0.476. The van der Waals surface area contributed by atoms with E-state index in [1.807, 2.05) is 23.1 Å². The number of likely N-dealkylation sites (tertiary alicyclic amines) is 1. The van der Waals surface area contributed by atoms with Crippen LogP contribution in [0.1, 0.15) is 42.9 Å². The SMILES string of the molecule is Cc1ccc(Nc2nccc(C3CCCN(C(=O)C4CCCO4)C3)n2)cc1. The molecule has 1 amide bonds. The molecule has 142 valence electrons. The first kappa shape index (κ1) is 17.9. The number of carbonyl (C=O) groups is 1. The number of hydrogen-bond acceptors (Lipinski definition) is 5. The lowest BCUT2D eigenvalue weighted by atomic mass is 9.94. The van der Waals surface area contributed by atoms with Crippen molar-refractivity contribution in [2.75, 3.05) is 25.0 Å². The number of anilines is 2. The summed E-state index contributed by atoms with van der Waals surface area (Å²) in [5.41, 5.74) is 3.18. The normalized spacial score (nSPS) is 22.6. The highest BCUT2D eigenvalue weighted by molar-refractivity contribution is 5.81. The highest BCUT2D eigenvalue weighted by Gasteiger charge is 2.32. The molecule has 1 aromatic heterocycles. The van der Waals surface area contributed by atoms with Crippen LogP contribution in [0.3, 0.4) is 0 Å². The molecule has 2 aromatic rings. The number of carbonyl (C=O) groups excluding carboxylic acids is 1. The van der Waals surface area contributed by atoms with Gasteiger partial charge in [0.2, 0.25) is 5.95 Å². The second-order valence-electron chi connectivity index (χ2n) is 7.42. The van der Waals surface area contributed by atoms with E-state index in [1.54, 1.807) is 6.20 Å². The van der Waals surface area contributed by atoms with Crippen molar-refractivity contribution >= 4 is 17.5 Å². The number of aromatic nitrogens is 2.